The van der Waals surface area contributed by atoms with Crippen molar-refractivity contribution in [3.05, 3.63) is 22.1 Å². The van der Waals surface area contributed by atoms with E-state index in [1.165, 1.54) is 12.8 Å². The molecule has 0 aliphatic carbocycles. The maximum absolute atomic E-state index is 12.5. The van der Waals surface area contributed by atoms with Gasteiger partial charge in [-0.1, -0.05) is 0 Å². The van der Waals surface area contributed by atoms with Crippen molar-refractivity contribution in [2.45, 2.75) is 50.7 Å². The Morgan fingerprint density at radius 1 is 1.42 bits per heavy atom. The van der Waals surface area contributed by atoms with Gasteiger partial charge in [0.2, 0.25) is 0 Å². The van der Waals surface area contributed by atoms with Gasteiger partial charge in [0.05, 0.1) is 0 Å². The maximum Gasteiger partial charge on any atom is 0.289 e. The van der Waals surface area contributed by atoms with E-state index in [4.69, 9.17) is 4.42 Å². The number of hydrogen-bond acceptors (Lipinski definition) is 3. The van der Waals surface area contributed by atoms with E-state index in [1.54, 1.807) is 0 Å². The highest BCUT2D eigenvalue weighted by Gasteiger charge is 2.37. The summed E-state index contributed by atoms with van der Waals surface area (Å²) in [5, 5.41) is 3.60. The molecule has 3 heterocycles. The van der Waals surface area contributed by atoms with Gasteiger partial charge in [0.15, 0.2) is 10.4 Å². The second-order valence-electron chi connectivity index (χ2n) is 5.74. The van der Waals surface area contributed by atoms with Crippen LogP contribution in [0.5, 0.6) is 0 Å². The first kappa shape index (κ1) is 13.2. The van der Waals surface area contributed by atoms with Gasteiger partial charge in [-0.25, -0.2) is 0 Å². The fourth-order valence-electron chi connectivity index (χ4n) is 3.33. The molecular weight excluding hydrogens is 308 g/mol. The fraction of sp³-hybridized carbons (Fsp3) is 0.643. The maximum atomic E-state index is 12.5. The number of hydrogen-bond donors (Lipinski definition) is 1. The lowest BCUT2D eigenvalue weighted by atomic mass is 9.98. The van der Waals surface area contributed by atoms with Crippen LogP contribution in [0, 0.1) is 6.92 Å². The largest absolute Gasteiger partial charge is 0.444 e. The summed E-state index contributed by atoms with van der Waals surface area (Å²) in [6.45, 7) is 1.90. The molecule has 2 fully saturated rings. The van der Waals surface area contributed by atoms with Crippen LogP contribution in [0.25, 0.3) is 0 Å². The SMILES string of the molecule is Cc1cc(Br)oc1C(=O)N(C)C1CC2CCC(C1)N2. The van der Waals surface area contributed by atoms with Gasteiger partial charge in [-0.05, 0) is 54.6 Å². The lowest BCUT2D eigenvalue weighted by Crippen LogP contribution is -2.48. The van der Waals surface area contributed by atoms with Gasteiger partial charge in [0.1, 0.15) is 0 Å². The number of nitrogens with zero attached hydrogens (tertiary/aromatic N) is 1. The molecule has 2 aliphatic heterocycles. The molecule has 0 spiro atoms. The number of carbonyl (C=O) groups is 1. The zero-order valence-corrected chi connectivity index (χ0v) is 12.9. The predicted octanol–water partition coefficient (Wildman–Crippen LogP) is 2.71. The third-order valence-corrected chi connectivity index (χ3v) is 4.79. The number of carbonyl (C=O) groups excluding carboxylic acids is 1. The second kappa shape index (κ2) is 4.94. The first-order valence-electron chi connectivity index (χ1n) is 6.83. The zero-order valence-electron chi connectivity index (χ0n) is 11.3. The highest BCUT2D eigenvalue weighted by atomic mass is 79.9. The summed E-state index contributed by atoms with van der Waals surface area (Å²) >= 11 is 3.28. The molecule has 0 radical (unpaired) electrons. The number of piperidine rings is 1. The van der Waals surface area contributed by atoms with Crippen molar-refractivity contribution in [3.8, 4) is 0 Å². The number of fused-ring (bicyclic) bond motifs is 2. The summed E-state index contributed by atoms with van der Waals surface area (Å²) in [5.41, 5.74) is 0.889. The molecular formula is C14H19BrN2O2. The van der Waals surface area contributed by atoms with Gasteiger partial charge in [0, 0.05) is 30.7 Å². The lowest BCUT2D eigenvalue weighted by molar-refractivity contribution is 0.0647. The summed E-state index contributed by atoms with van der Waals surface area (Å²) < 4.78 is 6.08. The van der Waals surface area contributed by atoms with Gasteiger partial charge in [-0.2, -0.15) is 0 Å². The molecule has 4 nitrogen and oxygen atoms in total. The van der Waals surface area contributed by atoms with Crippen molar-refractivity contribution >= 4 is 21.8 Å². The molecule has 3 rings (SSSR count). The van der Waals surface area contributed by atoms with Crippen LogP contribution >= 0.6 is 15.9 Å². The molecule has 2 atom stereocenters. The van der Waals surface area contributed by atoms with E-state index in [1.807, 2.05) is 24.9 Å². The third kappa shape index (κ3) is 2.46. The van der Waals surface area contributed by atoms with Gasteiger partial charge in [0.25, 0.3) is 5.91 Å². The smallest absolute Gasteiger partial charge is 0.289 e. The monoisotopic (exact) mass is 326 g/mol. The first-order chi connectivity index (χ1) is 9.04. The van der Waals surface area contributed by atoms with E-state index in [2.05, 4.69) is 21.2 Å². The molecule has 2 aliphatic rings. The normalized spacial score (nSPS) is 29.5. The molecule has 1 amide bonds. The van der Waals surface area contributed by atoms with Crippen LogP contribution in [0.1, 0.15) is 41.8 Å². The van der Waals surface area contributed by atoms with Crippen molar-refractivity contribution in [2.24, 2.45) is 0 Å². The van der Waals surface area contributed by atoms with Crippen LogP contribution in [0.15, 0.2) is 15.2 Å². The molecule has 1 aromatic rings. The van der Waals surface area contributed by atoms with E-state index < -0.39 is 0 Å². The number of furan rings is 1. The Morgan fingerprint density at radius 3 is 2.58 bits per heavy atom. The summed E-state index contributed by atoms with van der Waals surface area (Å²) in [4.78, 5) is 14.4. The van der Waals surface area contributed by atoms with Crippen molar-refractivity contribution in [3.63, 3.8) is 0 Å². The Hall–Kier alpha value is -0.810. The fourth-order valence-corrected chi connectivity index (χ4v) is 3.83. The minimum atomic E-state index is -0.00509. The number of rotatable bonds is 2. The van der Waals surface area contributed by atoms with Crippen molar-refractivity contribution in [1.82, 2.24) is 10.2 Å². The Morgan fingerprint density at radius 2 is 2.05 bits per heavy atom. The molecule has 104 valence electrons. The zero-order chi connectivity index (χ0) is 13.6. The minimum Gasteiger partial charge on any atom is -0.444 e. The standard InChI is InChI=1S/C14H19BrN2O2/c1-8-5-12(15)19-13(8)14(18)17(2)11-6-9-3-4-10(7-11)16-9/h5,9-11,16H,3-4,6-7H2,1-2H3. The van der Waals surface area contributed by atoms with E-state index in [0.29, 0.717) is 28.6 Å². The van der Waals surface area contributed by atoms with Crippen molar-refractivity contribution in [1.29, 1.82) is 0 Å². The van der Waals surface area contributed by atoms with Crippen LogP contribution in [0.4, 0.5) is 0 Å². The van der Waals surface area contributed by atoms with Crippen LogP contribution in [0.3, 0.4) is 0 Å². The summed E-state index contributed by atoms with van der Waals surface area (Å²) in [5.74, 6) is 0.453. The summed E-state index contributed by atoms with van der Waals surface area (Å²) in [6, 6.07) is 3.34. The predicted molar refractivity (Wildman–Crippen MR) is 76.2 cm³/mol. The van der Waals surface area contributed by atoms with Crippen molar-refractivity contribution < 1.29 is 9.21 Å². The highest BCUT2D eigenvalue weighted by Crippen LogP contribution is 2.30. The molecule has 2 bridgehead atoms. The van der Waals surface area contributed by atoms with Gasteiger partial charge in [-0.15, -0.1) is 0 Å². The van der Waals surface area contributed by atoms with Gasteiger partial charge < -0.3 is 14.6 Å². The topological polar surface area (TPSA) is 45.5 Å². The molecule has 0 aromatic carbocycles. The molecule has 1 aromatic heterocycles. The van der Waals surface area contributed by atoms with Crippen molar-refractivity contribution in [2.75, 3.05) is 7.05 Å². The average molecular weight is 327 g/mol. The van der Waals surface area contributed by atoms with Gasteiger partial charge >= 0.3 is 0 Å². The second-order valence-corrected chi connectivity index (χ2v) is 6.52. The van der Waals surface area contributed by atoms with Crippen LogP contribution in [-0.2, 0) is 0 Å². The third-order valence-electron chi connectivity index (χ3n) is 4.40. The summed E-state index contributed by atoms with van der Waals surface area (Å²) in [6.07, 6.45) is 4.60. The molecule has 1 N–H and O–H groups in total. The van der Waals surface area contributed by atoms with Crippen LogP contribution in [-0.4, -0.2) is 36.0 Å². The molecule has 0 saturated carbocycles. The minimum absolute atomic E-state index is 0.00509. The van der Waals surface area contributed by atoms with Gasteiger partial charge in [-0.3, -0.25) is 4.79 Å². The van der Waals surface area contributed by atoms with E-state index >= 15 is 0 Å². The molecule has 2 unspecified atom stereocenters. The van der Waals surface area contributed by atoms with Crippen LogP contribution in [0.2, 0.25) is 0 Å². The molecule has 2 saturated heterocycles. The highest BCUT2D eigenvalue weighted by molar-refractivity contribution is 9.10. The number of aryl methyl sites for hydroxylation is 1. The van der Waals surface area contributed by atoms with E-state index in [-0.39, 0.29) is 5.91 Å². The van der Waals surface area contributed by atoms with Crippen LogP contribution < -0.4 is 5.32 Å². The lowest BCUT2D eigenvalue weighted by Gasteiger charge is -2.35. The Labute approximate surface area is 121 Å². The van der Waals surface area contributed by atoms with E-state index in [0.717, 1.165) is 18.4 Å². The molecule has 5 heteroatoms. The number of nitrogens with one attached hydrogen (secondary N) is 1. The quantitative estimate of drug-likeness (QED) is 0.908. The summed E-state index contributed by atoms with van der Waals surface area (Å²) in [7, 11) is 1.90. The van der Waals surface area contributed by atoms with E-state index in [9.17, 15) is 4.79 Å². The Bertz CT molecular complexity index is 488. The first-order valence-corrected chi connectivity index (χ1v) is 7.63. The average Bonchev–Trinajstić information content (AvgIpc) is 2.89. The Balaban J connectivity index is 1.75. The number of halogens is 1. The Kier molecular flexibility index (Phi) is 3.43. The molecule has 19 heavy (non-hydrogen) atoms. The number of amides is 1.